The summed E-state index contributed by atoms with van der Waals surface area (Å²) in [5.41, 5.74) is 5.30. The minimum absolute atomic E-state index is 0.158. The molecule has 2 rings (SSSR count). The number of hydrogen-bond donors (Lipinski definition) is 0. The minimum atomic E-state index is 0.158. The van der Waals surface area contributed by atoms with Crippen molar-refractivity contribution < 1.29 is 4.74 Å². The van der Waals surface area contributed by atoms with Crippen molar-refractivity contribution in [3.8, 4) is 0 Å². The lowest BCUT2D eigenvalue weighted by Crippen LogP contribution is -2.06. The second-order valence-corrected chi connectivity index (χ2v) is 5.05. The van der Waals surface area contributed by atoms with Crippen LogP contribution in [0.3, 0.4) is 0 Å². The summed E-state index contributed by atoms with van der Waals surface area (Å²) in [4.78, 5) is 0. The summed E-state index contributed by atoms with van der Waals surface area (Å²) in [7, 11) is 0. The van der Waals surface area contributed by atoms with E-state index in [4.69, 9.17) is 4.74 Å². The molecule has 1 nitrogen and oxygen atoms in total. The zero-order chi connectivity index (χ0) is 13.7. The number of hydrogen-bond acceptors (Lipinski definition) is 1. The molecule has 0 spiro atoms. The third kappa shape index (κ3) is 3.68. The second kappa shape index (κ2) is 6.53. The molecule has 0 saturated heterocycles. The molecule has 0 heterocycles. The first-order valence-corrected chi connectivity index (χ1v) is 6.90. The van der Waals surface area contributed by atoms with Crippen molar-refractivity contribution in [2.75, 3.05) is 6.61 Å². The highest BCUT2D eigenvalue weighted by molar-refractivity contribution is 5.27. The molecule has 0 aliphatic heterocycles. The second-order valence-electron chi connectivity index (χ2n) is 5.05. The lowest BCUT2D eigenvalue weighted by Gasteiger charge is -2.16. The average Bonchev–Trinajstić information content (AvgIpc) is 2.41. The van der Waals surface area contributed by atoms with Crippen LogP contribution in [0.15, 0.2) is 48.5 Å². The number of ether oxygens (including phenoxy) is 1. The summed E-state index contributed by atoms with van der Waals surface area (Å²) >= 11 is 0. The number of benzene rings is 2. The van der Waals surface area contributed by atoms with Gasteiger partial charge in [0, 0.05) is 0 Å². The van der Waals surface area contributed by atoms with Crippen molar-refractivity contribution in [1.29, 1.82) is 0 Å². The van der Waals surface area contributed by atoms with Crippen LogP contribution in [0.1, 0.15) is 35.3 Å². The van der Waals surface area contributed by atoms with E-state index in [1.54, 1.807) is 0 Å². The van der Waals surface area contributed by atoms with Crippen LogP contribution in [0.5, 0.6) is 0 Å². The summed E-state index contributed by atoms with van der Waals surface area (Å²) in [6, 6.07) is 16.9. The summed E-state index contributed by atoms with van der Waals surface area (Å²) in [6.45, 7) is 7.18. The van der Waals surface area contributed by atoms with E-state index in [9.17, 15) is 0 Å². The Labute approximate surface area is 116 Å². The summed E-state index contributed by atoms with van der Waals surface area (Å²) < 4.78 is 5.97. The Bertz CT molecular complexity index is 531. The topological polar surface area (TPSA) is 9.23 Å². The van der Waals surface area contributed by atoms with Gasteiger partial charge in [0.2, 0.25) is 0 Å². The average molecular weight is 254 g/mol. The van der Waals surface area contributed by atoms with Crippen molar-refractivity contribution in [1.82, 2.24) is 0 Å². The smallest absolute Gasteiger partial charge is 0.0799 e. The summed E-state index contributed by atoms with van der Waals surface area (Å²) in [6.07, 6.45) is 1.13. The molecular formula is C18H22O. The molecule has 0 fully saturated rings. The molecule has 0 amide bonds. The SMILES string of the molecule is Cc1ccccc1CCOC(C)c1ccccc1C. The van der Waals surface area contributed by atoms with Gasteiger partial charge >= 0.3 is 0 Å². The first-order valence-electron chi connectivity index (χ1n) is 6.90. The predicted octanol–water partition coefficient (Wildman–Crippen LogP) is 4.62. The van der Waals surface area contributed by atoms with E-state index >= 15 is 0 Å². The van der Waals surface area contributed by atoms with E-state index in [1.165, 1.54) is 22.3 Å². The van der Waals surface area contributed by atoms with Gasteiger partial charge in [0.25, 0.3) is 0 Å². The first-order chi connectivity index (χ1) is 9.18. The quantitative estimate of drug-likeness (QED) is 0.756. The molecule has 2 aromatic rings. The van der Waals surface area contributed by atoms with Gasteiger partial charge < -0.3 is 4.74 Å². The maximum atomic E-state index is 5.97. The molecule has 0 saturated carbocycles. The molecule has 0 aliphatic rings. The molecule has 2 aromatic carbocycles. The lowest BCUT2D eigenvalue weighted by atomic mass is 10.0. The van der Waals surface area contributed by atoms with E-state index in [0.29, 0.717) is 0 Å². The molecule has 0 aromatic heterocycles. The minimum Gasteiger partial charge on any atom is -0.373 e. The van der Waals surface area contributed by atoms with Crippen molar-refractivity contribution in [2.24, 2.45) is 0 Å². The van der Waals surface area contributed by atoms with E-state index in [2.05, 4.69) is 69.3 Å². The van der Waals surface area contributed by atoms with Gasteiger partial charge in [-0.25, -0.2) is 0 Å². The Morgan fingerprint density at radius 2 is 1.53 bits per heavy atom. The van der Waals surface area contributed by atoms with Gasteiger partial charge in [-0.1, -0.05) is 48.5 Å². The van der Waals surface area contributed by atoms with E-state index < -0.39 is 0 Å². The zero-order valence-corrected chi connectivity index (χ0v) is 12.0. The monoisotopic (exact) mass is 254 g/mol. The molecule has 100 valence electrons. The molecular weight excluding hydrogens is 232 g/mol. The van der Waals surface area contributed by atoms with Crippen LogP contribution in [0, 0.1) is 13.8 Å². The molecule has 0 aliphatic carbocycles. The van der Waals surface area contributed by atoms with Crippen molar-refractivity contribution in [2.45, 2.75) is 33.3 Å². The highest BCUT2D eigenvalue weighted by atomic mass is 16.5. The van der Waals surface area contributed by atoms with Crippen LogP contribution in [0.2, 0.25) is 0 Å². The fourth-order valence-electron chi connectivity index (χ4n) is 2.37. The Hall–Kier alpha value is -1.60. The summed E-state index contributed by atoms with van der Waals surface area (Å²) in [5.74, 6) is 0. The van der Waals surface area contributed by atoms with E-state index in [-0.39, 0.29) is 6.10 Å². The Balaban J connectivity index is 1.90. The fourth-order valence-corrected chi connectivity index (χ4v) is 2.37. The van der Waals surface area contributed by atoms with Gasteiger partial charge in [0.15, 0.2) is 0 Å². The molecule has 0 bridgehead atoms. The van der Waals surface area contributed by atoms with Crippen LogP contribution in [0.4, 0.5) is 0 Å². The van der Waals surface area contributed by atoms with Gasteiger partial charge in [-0.05, 0) is 49.4 Å². The number of rotatable bonds is 5. The third-order valence-corrected chi connectivity index (χ3v) is 3.63. The maximum Gasteiger partial charge on any atom is 0.0799 e. The normalized spacial score (nSPS) is 12.4. The molecule has 0 N–H and O–H groups in total. The predicted molar refractivity (Wildman–Crippen MR) is 80.4 cm³/mol. The maximum absolute atomic E-state index is 5.97. The van der Waals surface area contributed by atoms with Gasteiger partial charge in [-0.15, -0.1) is 0 Å². The highest BCUT2D eigenvalue weighted by Gasteiger charge is 2.08. The fraction of sp³-hybridized carbons (Fsp3) is 0.333. The molecule has 1 heteroatoms. The molecule has 1 unspecified atom stereocenters. The van der Waals surface area contributed by atoms with Gasteiger partial charge in [0.05, 0.1) is 12.7 Å². The first kappa shape index (κ1) is 13.8. The van der Waals surface area contributed by atoms with Crippen molar-refractivity contribution in [3.05, 3.63) is 70.8 Å². The van der Waals surface area contributed by atoms with E-state index in [1.807, 2.05) is 0 Å². The van der Waals surface area contributed by atoms with Crippen molar-refractivity contribution in [3.63, 3.8) is 0 Å². The van der Waals surface area contributed by atoms with Crippen LogP contribution >= 0.6 is 0 Å². The Morgan fingerprint density at radius 3 is 2.21 bits per heavy atom. The molecule has 0 radical (unpaired) electrons. The van der Waals surface area contributed by atoms with Gasteiger partial charge in [-0.2, -0.15) is 0 Å². The van der Waals surface area contributed by atoms with Crippen molar-refractivity contribution >= 4 is 0 Å². The Kier molecular flexibility index (Phi) is 4.75. The zero-order valence-electron chi connectivity index (χ0n) is 12.0. The highest BCUT2D eigenvalue weighted by Crippen LogP contribution is 2.20. The van der Waals surface area contributed by atoms with Gasteiger partial charge in [0.1, 0.15) is 0 Å². The standard InChI is InChI=1S/C18H22O/c1-14-8-4-6-10-17(14)12-13-19-16(3)18-11-7-5-9-15(18)2/h4-11,16H,12-13H2,1-3H3. The molecule has 1 atom stereocenters. The van der Waals surface area contributed by atoms with Crippen LogP contribution in [-0.4, -0.2) is 6.61 Å². The van der Waals surface area contributed by atoms with Crippen LogP contribution in [0.25, 0.3) is 0 Å². The van der Waals surface area contributed by atoms with Crippen LogP contribution < -0.4 is 0 Å². The van der Waals surface area contributed by atoms with Crippen LogP contribution in [-0.2, 0) is 11.2 Å². The number of aryl methyl sites for hydroxylation is 2. The summed E-state index contributed by atoms with van der Waals surface area (Å²) in [5, 5.41) is 0. The third-order valence-electron chi connectivity index (χ3n) is 3.63. The van der Waals surface area contributed by atoms with Gasteiger partial charge in [-0.3, -0.25) is 0 Å². The molecule has 19 heavy (non-hydrogen) atoms. The largest absolute Gasteiger partial charge is 0.373 e. The van der Waals surface area contributed by atoms with E-state index in [0.717, 1.165) is 13.0 Å². The Morgan fingerprint density at radius 1 is 0.895 bits per heavy atom. The lowest BCUT2D eigenvalue weighted by molar-refractivity contribution is 0.0676.